The smallest absolute Gasteiger partial charge is 0.228 e. The van der Waals surface area contributed by atoms with Gasteiger partial charge in [0.2, 0.25) is 5.08 Å². The SMILES string of the molecule is FC(Br)C(F)(F)CCBr. The molecule has 0 heterocycles. The quantitative estimate of drug-likeness (QED) is 0.691. The van der Waals surface area contributed by atoms with Crippen molar-refractivity contribution in [2.75, 3.05) is 5.33 Å². The molecule has 0 N–H and O–H groups in total. The van der Waals surface area contributed by atoms with Crippen LogP contribution in [0.2, 0.25) is 0 Å². The summed E-state index contributed by atoms with van der Waals surface area (Å²) in [6.07, 6.45) is -0.487. The molecule has 0 fully saturated rings. The minimum absolute atomic E-state index is 0.103. The third-order valence-corrected chi connectivity index (χ3v) is 1.81. The topological polar surface area (TPSA) is 0 Å². The van der Waals surface area contributed by atoms with E-state index in [2.05, 4.69) is 31.9 Å². The Morgan fingerprint density at radius 3 is 2.00 bits per heavy atom. The Bertz CT molecular complexity index is 83.9. The van der Waals surface area contributed by atoms with E-state index in [0.717, 1.165) is 0 Å². The molecule has 5 heteroatoms. The Morgan fingerprint density at radius 2 is 1.89 bits per heavy atom. The van der Waals surface area contributed by atoms with E-state index in [0.29, 0.717) is 0 Å². The molecule has 0 saturated heterocycles. The molecular formula is C4H5Br2F3. The zero-order valence-corrected chi connectivity index (χ0v) is 7.55. The highest BCUT2D eigenvalue weighted by Crippen LogP contribution is 2.29. The van der Waals surface area contributed by atoms with Gasteiger partial charge in [0, 0.05) is 11.8 Å². The van der Waals surface area contributed by atoms with Gasteiger partial charge in [0.25, 0.3) is 5.92 Å². The molecule has 1 atom stereocenters. The normalized spacial score (nSPS) is 15.7. The zero-order valence-electron chi connectivity index (χ0n) is 4.38. The number of hydrogen-bond donors (Lipinski definition) is 0. The molecule has 56 valence electrons. The summed E-state index contributed by atoms with van der Waals surface area (Å²) in [6.45, 7) is 0. The van der Waals surface area contributed by atoms with E-state index in [1.54, 1.807) is 0 Å². The van der Waals surface area contributed by atoms with E-state index in [9.17, 15) is 13.2 Å². The second kappa shape index (κ2) is 3.81. The lowest BCUT2D eigenvalue weighted by atomic mass is 10.3. The van der Waals surface area contributed by atoms with Gasteiger partial charge in [-0.15, -0.1) is 0 Å². The molecule has 9 heavy (non-hydrogen) atoms. The molecule has 0 bridgehead atoms. The van der Waals surface area contributed by atoms with Crippen LogP contribution < -0.4 is 0 Å². The van der Waals surface area contributed by atoms with Crippen LogP contribution in [0.25, 0.3) is 0 Å². The standard InChI is InChI=1S/C4H5Br2F3/c5-2-1-4(8,9)3(6)7/h3H,1-2H2. The van der Waals surface area contributed by atoms with Gasteiger partial charge in [-0.1, -0.05) is 15.9 Å². The van der Waals surface area contributed by atoms with E-state index in [-0.39, 0.29) is 5.33 Å². The molecule has 0 aromatic carbocycles. The van der Waals surface area contributed by atoms with Crippen molar-refractivity contribution in [1.82, 2.24) is 0 Å². The zero-order chi connectivity index (χ0) is 7.49. The Labute approximate surface area is 68.1 Å². The lowest BCUT2D eigenvalue weighted by Gasteiger charge is -2.13. The van der Waals surface area contributed by atoms with E-state index >= 15 is 0 Å². The molecule has 0 aromatic heterocycles. The van der Waals surface area contributed by atoms with E-state index < -0.39 is 17.4 Å². The van der Waals surface area contributed by atoms with Gasteiger partial charge in [-0.25, -0.2) is 13.2 Å². The molecule has 0 aliphatic heterocycles. The van der Waals surface area contributed by atoms with Crippen LogP contribution in [0.4, 0.5) is 13.2 Å². The predicted molar refractivity (Wildman–Crippen MR) is 37.2 cm³/mol. The van der Waals surface area contributed by atoms with Crippen LogP contribution in [0.3, 0.4) is 0 Å². The third-order valence-electron chi connectivity index (χ3n) is 0.747. The van der Waals surface area contributed by atoms with Crippen molar-refractivity contribution in [1.29, 1.82) is 0 Å². The maximum atomic E-state index is 12.1. The highest BCUT2D eigenvalue weighted by atomic mass is 79.9. The van der Waals surface area contributed by atoms with Gasteiger partial charge in [0.1, 0.15) is 0 Å². The van der Waals surface area contributed by atoms with Crippen LogP contribution in [0, 0.1) is 0 Å². The Kier molecular flexibility index (Phi) is 4.12. The minimum atomic E-state index is -3.25. The van der Waals surface area contributed by atoms with Crippen LogP contribution in [-0.2, 0) is 0 Å². The summed E-state index contributed by atoms with van der Waals surface area (Å²) in [6, 6.07) is 0. The summed E-state index contributed by atoms with van der Waals surface area (Å²) in [7, 11) is 0. The van der Waals surface area contributed by atoms with Crippen LogP contribution in [-0.4, -0.2) is 16.3 Å². The van der Waals surface area contributed by atoms with Gasteiger partial charge in [0.15, 0.2) is 0 Å². The highest BCUT2D eigenvalue weighted by molar-refractivity contribution is 9.09. The van der Waals surface area contributed by atoms with Crippen LogP contribution in [0.1, 0.15) is 6.42 Å². The summed E-state index contributed by atoms with van der Waals surface area (Å²) in [5.74, 6) is -3.25. The third kappa shape index (κ3) is 3.45. The molecule has 0 aromatic rings. The van der Waals surface area contributed by atoms with Gasteiger partial charge in [-0.05, 0) is 15.9 Å². The lowest BCUT2D eigenvalue weighted by Crippen LogP contribution is -2.25. The van der Waals surface area contributed by atoms with Crippen molar-refractivity contribution >= 4 is 31.9 Å². The fourth-order valence-electron chi connectivity index (χ4n) is 0.235. The van der Waals surface area contributed by atoms with Gasteiger partial charge in [-0.3, -0.25) is 0 Å². The van der Waals surface area contributed by atoms with E-state index in [1.807, 2.05) is 0 Å². The molecule has 0 aliphatic rings. The number of hydrogen-bond acceptors (Lipinski definition) is 0. The fourth-order valence-corrected chi connectivity index (χ4v) is 0.993. The largest absolute Gasteiger partial charge is 0.289 e. The molecule has 0 amide bonds. The summed E-state index contributed by atoms with van der Waals surface area (Å²) >= 11 is 4.95. The van der Waals surface area contributed by atoms with Crippen LogP contribution in [0.15, 0.2) is 0 Å². The first kappa shape index (κ1) is 9.75. The summed E-state index contributed by atoms with van der Waals surface area (Å²) in [4.78, 5) is 0. The average Bonchev–Trinajstić information content (AvgIpc) is 1.65. The molecule has 0 spiro atoms. The predicted octanol–water partition coefficient (Wildman–Crippen LogP) is 3.10. The van der Waals surface area contributed by atoms with Crippen molar-refractivity contribution in [2.24, 2.45) is 0 Å². The Morgan fingerprint density at radius 1 is 1.44 bits per heavy atom. The lowest BCUT2D eigenvalue weighted by molar-refractivity contribution is -0.0361. The first-order valence-corrected chi connectivity index (χ1v) is 4.26. The first-order valence-electron chi connectivity index (χ1n) is 2.22. The van der Waals surface area contributed by atoms with Gasteiger partial charge in [-0.2, -0.15) is 0 Å². The number of alkyl halides is 5. The Balaban J connectivity index is 3.70. The summed E-state index contributed by atoms with van der Waals surface area (Å²) in [5, 5.41) is -2.13. The van der Waals surface area contributed by atoms with Gasteiger partial charge >= 0.3 is 0 Å². The van der Waals surface area contributed by atoms with Crippen molar-refractivity contribution in [3.8, 4) is 0 Å². The second-order valence-electron chi connectivity index (χ2n) is 1.50. The molecule has 0 saturated carbocycles. The first-order chi connectivity index (χ1) is 4.00. The van der Waals surface area contributed by atoms with Crippen molar-refractivity contribution < 1.29 is 13.2 Å². The van der Waals surface area contributed by atoms with Gasteiger partial charge in [0.05, 0.1) is 0 Å². The molecule has 0 aliphatic carbocycles. The monoisotopic (exact) mass is 268 g/mol. The van der Waals surface area contributed by atoms with Crippen LogP contribution >= 0.6 is 31.9 Å². The number of halogens is 5. The van der Waals surface area contributed by atoms with Crippen molar-refractivity contribution in [3.05, 3.63) is 0 Å². The molecule has 0 rings (SSSR count). The summed E-state index contributed by atoms with van der Waals surface area (Å²) < 4.78 is 36.0. The van der Waals surface area contributed by atoms with Crippen molar-refractivity contribution in [2.45, 2.75) is 17.4 Å². The maximum Gasteiger partial charge on any atom is 0.289 e. The van der Waals surface area contributed by atoms with Gasteiger partial charge < -0.3 is 0 Å². The maximum absolute atomic E-state index is 12.1. The van der Waals surface area contributed by atoms with Crippen molar-refractivity contribution in [3.63, 3.8) is 0 Å². The molecule has 1 unspecified atom stereocenters. The van der Waals surface area contributed by atoms with Crippen LogP contribution in [0.5, 0.6) is 0 Å². The Hall–Kier alpha value is 0.750. The van der Waals surface area contributed by atoms with E-state index in [1.165, 1.54) is 0 Å². The minimum Gasteiger partial charge on any atom is -0.228 e. The van der Waals surface area contributed by atoms with E-state index in [4.69, 9.17) is 0 Å². The average molecular weight is 270 g/mol. The second-order valence-corrected chi connectivity index (χ2v) is 3.10. The molecule has 0 nitrogen and oxygen atoms in total. The fraction of sp³-hybridized carbons (Fsp3) is 1.00. The number of rotatable bonds is 3. The molecular weight excluding hydrogens is 265 g/mol. The molecule has 0 radical (unpaired) electrons. The highest BCUT2D eigenvalue weighted by Gasteiger charge is 2.37. The summed E-state index contributed by atoms with van der Waals surface area (Å²) in [5.41, 5.74) is 0.